The van der Waals surface area contributed by atoms with Crippen molar-refractivity contribution in [3.8, 4) is 0 Å². The van der Waals surface area contributed by atoms with Gasteiger partial charge in [-0.05, 0) is 42.6 Å². The normalized spacial score (nSPS) is 12.8. The van der Waals surface area contributed by atoms with E-state index in [1.807, 2.05) is 13.1 Å². The second-order valence-corrected chi connectivity index (χ2v) is 11.1. The van der Waals surface area contributed by atoms with Crippen LogP contribution in [0.2, 0.25) is 18.1 Å². The molecular weight excluding hydrogens is 242 g/mol. The van der Waals surface area contributed by atoms with Crippen LogP contribution in [0.5, 0.6) is 0 Å². The van der Waals surface area contributed by atoms with Gasteiger partial charge in [-0.25, -0.2) is 0 Å². The lowest BCUT2D eigenvalue weighted by Gasteiger charge is -2.36. The van der Waals surface area contributed by atoms with E-state index in [9.17, 15) is 4.79 Å². The monoisotopic (exact) mass is 267 g/mol. The summed E-state index contributed by atoms with van der Waals surface area (Å²) in [5.74, 6) is 0. The zero-order valence-corrected chi connectivity index (χ0v) is 13.4. The van der Waals surface area contributed by atoms with Crippen LogP contribution in [0.25, 0.3) is 0 Å². The van der Waals surface area contributed by atoms with E-state index in [0.717, 1.165) is 23.8 Å². The third kappa shape index (κ3) is 3.33. The van der Waals surface area contributed by atoms with Crippen LogP contribution in [-0.4, -0.2) is 26.2 Å². The first-order chi connectivity index (χ1) is 8.19. The SMILES string of the molecule is Cc1c[nH]c(C=O)c1CCO[Si](C)(C)C(C)(C)C. The predicted molar refractivity (Wildman–Crippen MR) is 77.8 cm³/mol. The lowest BCUT2D eigenvalue weighted by molar-refractivity contribution is 0.111. The summed E-state index contributed by atoms with van der Waals surface area (Å²) in [6.45, 7) is 13.9. The molecule has 0 unspecified atom stereocenters. The van der Waals surface area contributed by atoms with E-state index in [2.05, 4.69) is 38.8 Å². The first-order valence-electron chi connectivity index (χ1n) is 6.45. The Hall–Kier alpha value is -0.873. The Morgan fingerprint density at radius 3 is 2.50 bits per heavy atom. The maximum atomic E-state index is 10.9. The smallest absolute Gasteiger partial charge is 0.191 e. The topological polar surface area (TPSA) is 42.1 Å². The molecule has 0 fully saturated rings. The van der Waals surface area contributed by atoms with Gasteiger partial charge in [0.2, 0.25) is 0 Å². The Balaban J connectivity index is 2.62. The van der Waals surface area contributed by atoms with Gasteiger partial charge in [0, 0.05) is 12.8 Å². The largest absolute Gasteiger partial charge is 0.416 e. The number of hydrogen-bond acceptors (Lipinski definition) is 2. The molecule has 0 aromatic carbocycles. The predicted octanol–water partition coefficient (Wildman–Crippen LogP) is 3.70. The Bertz CT molecular complexity index is 416. The fourth-order valence-electron chi connectivity index (χ4n) is 1.63. The molecule has 0 radical (unpaired) electrons. The van der Waals surface area contributed by atoms with Crippen LogP contribution in [0.15, 0.2) is 6.20 Å². The minimum Gasteiger partial charge on any atom is -0.416 e. The third-order valence-corrected chi connectivity index (χ3v) is 8.52. The number of H-pyrrole nitrogens is 1. The standard InChI is InChI=1S/C14H25NO2Si/c1-11-9-15-13(10-16)12(11)7-8-17-18(5,6)14(2,3)4/h9-10,15H,7-8H2,1-6H3. The van der Waals surface area contributed by atoms with Crippen LogP contribution in [0.1, 0.15) is 42.4 Å². The van der Waals surface area contributed by atoms with E-state index < -0.39 is 8.32 Å². The van der Waals surface area contributed by atoms with Gasteiger partial charge in [-0.2, -0.15) is 0 Å². The zero-order valence-electron chi connectivity index (χ0n) is 12.4. The van der Waals surface area contributed by atoms with Crippen molar-refractivity contribution < 1.29 is 9.22 Å². The maximum absolute atomic E-state index is 10.9. The molecule has 18 heavy (non-hydrogen) atoms. The fourth-order valence-corrected chi connectivity index (χ4v) is 2.68. The molecule has 4 heteroatoms. The average Bonchev–Trinajstić information content (AvgIpc) is 2.58. The summed E-state index contributed by atoms with van der Waals surface area (Å²) >= 11 is 0. The molecule has 1 aromatic heterocycles. The molecule has 0 aliphatic rings. The Labute approximate surface area is 111 Å². The number of carbonyl (C=O) groups excluding carboxylic acids is 1. The number of rotatable bonds is 5. The first kappa shape index (κ1) is 15.2. The summed E-state index contributed by atoms with van der Waals surface area (Å²) in [5.41, 5.74) is 2.91. The van der Waals surface area contributed by atoms with Crippen molar-refractivity contribution in [3.05, 3.63) is 23.0 Å². The second kappa shape index (κ2) is 5.41. The number of carbonyl (C=O) groups is 1. The van der Waals surface area contributed by atoms with Crippen LogP contribution in [0.4, 0.5) is 0 Å². The molecule has 1 N–H and O–H groups in total. The molecule has 0 saturated carbocycles. The van der Waals surface area contributed by atoms with E-state index in [4.69, 9.17) is 4.43 Å². The first-order valence-corrected chi connectivity index (χ1v) is 9.36. The van der Waals surface area contributed by atoms with Crippen molar-refractivity contribution in [1.82, 2.24) is 4.98 Å². The molecule has 0 atom stereocenters. The van der Waals surface area contributed by atoms with Gasteiger partial charge in [-0.3, -0.25) is 4.79 Å². The molecule has 1 rings (SSSR count). The molecule has 0 bridgehead atoms. The van der Waals surface area contributed by atoms with E-state index in [-0.39, 0.29) is 5.04 Å². The lowest BCUT2D eigenvalue weighted by atomic mass is 10.1. The quantitative estimate of drug-likeness (QED) is 0.653. The molecule has 1 heterocycles. The van der Waals surface area contributed by atoms with Gasteiger partial charge >= 0.3 is 0 Å². The van der Waals surface area contributed by atoms with Crippen molar-refractivity contribution in [2.24, 2.45) is 0 Å². The maximum Gasteiger partial charge on any atom is 0.191 e. The molecule has 0 aliphatic carbocycles. The van der Waals surface area contributed by atoms with Crippen LogP contribution in [0.3, 0.4) is 0 Å². The van der Waals surface area contributed by atoms with Crippen LogP contribution >= 0.6 is 0 Å². The summed E-state index contributed by atoms with van der Waals surface area (Å²) in [4.78, 5) is 13.9. The van der Waals surface area contributed by atoms with Crippen LogP contribution in [0, 0.1) is 6.92 Å². The number of hydrogen-bond donors (Lipinski definition) is 1. The van der Waals surface area contributed by atoms with Gasteiger partial charge in [0.15, 0.2) is 14.6 Å². The number of aromatic nitrogens is 1. The number of aromatic amines is 1. The number of aryl methyl sites for hydroxylation is 1. The van der Waals surface area contributed by atoms with E-state index in [0.29, 0.717) is 12.3 Å². The molecular formula is C14H25NO2Si. The minimum atomic E-state index is -1.68. The van der Waals surface area contributed by atoms with Gasteiger partial charge in [0.05, 0.1) is 5.69 Å². The highest BCUT2D eigenvalue weighted by molar-refractivity contribution is 6.74. The second-order valence-electron chi connectivity index (χ2n) is 6.34. The van der Waals surface area contributed by atoms with E-state index in [1.54, 1.807) is 0 Å². The van der Waals surface area contributed by atoms with Gasteiger partial charge in [-0.15, -0.1) is 0 Å². The van der Waals surface area contributed by atoms with Gasteiger partial charge in [-0.1, -0.05) is 20.8 Å². The third-order valence-electron chi connectivity index (χ3n) is 3.98. The zero-order chi connectivity index (χ0) is 14.0. The molecule has 0 amide bonds. The van der Waals surface area contributed by atoms with Crippen LogP contribution in [-0.2, 0) is 10.8 Å². The number of nitrogens with one attached hydrogen (secondary N) is 1. The Morgan fingerprint density at radius 2 is 2.00 bits per heavy atom. The van der Waals surface area contributed by atoms with Gasteiger partial charge in [0.25, 0.3) is 0 Å². The summed E-state index contributed by atoms with van der Waals surface area (Å²) in [6, 6.07) is 0. The molecule has 0 aliphatic heterocycles. The molecule has 102 valence electrons. The lowest BCUT2D eigenvalue weighted by Crippen LogP contribution is -2.41. The average molecular weight is 267 g/mol. The Morgan fingerprint density at radius 1 is 1.39 bits per heavy atom. The molecule has 3 nitrogen and oxygen atoms in total. The molecule has 1 aromatic rings. The van der Waals surface area contributed by atoms with Crippen molar-refractivity contribution in [1.29, 1.82) is 0 Å². The fraction of sp³-hybridized carbons (Fsp3) is 0.643. The Kier molecular flexibility index (Phi) is 4.56. The summed E-state index contributed by atoms with van der Waals surface area (Å²) in [7, 11) is -1.68. The van der Waals surface area contributed by atoms with Gasteiger partial charge < -0.3 is 9.41 Å². The van der Waals surface area contributed by atoms with E-state index >= 15 is 0 Å². The van der Waals surface area contributed by atoms with Crippen LogP contribution < -0.4 is 0 Å². The van der Waals surface area contributed by atoms with Crippen molar-refractivity contribution in [3.63, 3.8) is 0 Å². The highest BCUT2D eigenvalue weighted by Crippen LogP contribution is 2.36. The highest BCUT2D eigenvalue weighted by atomic mass is 28.4. The van der Waals surface area contributed by atoms with Gasteiger partial charge in [0.1, 0.15) is 0 Å². The van der Waals surface area contributed by atoms with E-state index in [1.165, 1.54) is 0 Å². The number of aldehydes is 1. The van der Waals surface area contributed by atoms with Crippen molar-refractivity contribution >= 4 is 14.6 Å². The highest BCUT2D eigenvalue weighted by Gasteiger charge is 2.36. The minimum absolute atomic E-state index is 0.230. The molecule has 0 spiro atoms. The molecule has 0 saturated heterocycles. The van der Waals surface area contributed by atoms with Crippen molar-refractivity contribution in [2.45, 2.75) is 52.2 Å². The summed E-state index contributed by atoms with van der Waals surface area (Å²) < 4.78 is 6.13. The summed E-state index contributed by atoms with van der Waals surface area (Å²) in [6.07, 6.45) is 3.57. The summed E-state index contributed by atoms with van der Waals surface area (Å²) in [5, 5.41) is 0.230. The van der Waals surface area contributed by atoms with Crippen molar-refractivity contribution in [2.75, 3.05) is 6.61 Å².